The number of sulfonamides is 1. The summed E-state index contributed by atoms with van der Waals surface area (Å²) < 4.78 is 26.9. The van der Waals surface area contributed by atoms with Gasteiger partial charge in [-0.15, -0.1) is 0 Å². The fourth-order valence-electron chi connectivity index (χ4n) is 1.84. The van der Waals surface area contributed by atoms with Crippen molar-refractivity contribution in [2.24, 2.45) is 0 Å². The first kappa shape index (κ1) is 14.9. The molecule has 7 heteroatoms. The molecule has 2 aromatic rings. The number of nitrogens with one attached hydrogen (secondary N) is 2. The summed E-state index contributed by atoms with van der Waals surface area (Å²) in [6.45, 7) is 3.92. The summed E-state index contributed by atoms with van der Waals surface area (Å²) in [5, 5.41) is 7.11. The summed E-state index contributed by atoms with van der Waals surface area (Å²) in [5.74, 6) is -0.0226. The Bertz CT molecular complexity index is 695. The van der Waals surface area contributed by atoms with Gasteiger partial charge in [-0.1, -0.05) is 43.6 Å². The van der Waals surface area contributed by atoms with E-state index in [-0.39, 0.29) is 11.7 Å². The molecular formula is C13H16ClN3O2S. The zero-order chi connectivity index (χ0) is 14.8. The van der Waals surface area contributed by atoms with Gasteiger partial charge in [-0.2, -0.15) is 5.10 Å². The van der Waals surface area contributed by atoms with E-state index in [0.29, 0.717) is 16.3 Å². The number of benzene rings is 1. The number of halogens is 1. The summed E-state index contributed by atoms with van der Waals surface area (Å²) in [7, 11) is -3.53. The summed E-state index contributed by atoms with van der Waals surface area (Å²) in [6.07, 6.45) is 1.47. The standard InChI is InChI=1S/C13H16ClN3O2S/c1-9(2)13-12(7-15-16-13)17-20(18,19)8-10-5-3-4-6-11(10)14/h3-7,9,17H,8H2,1-2H3,(H,15,16). The molecule has 1 heterocycles. The maximum absolute atomic E-state index is 12.2. The highest BCUT2D eigenvalue weighted by Gasteiger charge is 2.17. The van der Waals surface area contributed by atoms with Crippen LogP contribution < -0.4 is 4.72 Å². The van der Waals surface area contributed by atoms with Crippen molar-refractivity contribution in [2.45, 2.75) is 25.5 Å². The molecule has 0 aliphatic carbocycles. The molecule has 5 nitrogen and oxygen atoms in total. The van der Waals surface area contributed by atoms with Gasteiger partial charge in [-0.05, 0) is 17.5 Å². The minimum Gasteiger partial charge on any atom is -0.280 e. The van der Waals surface area contributed by atoms with Gasteiger partial charge in [-0.25, -0.2) is 8.42 Å². The number of hydrogen-bond acceptors (Lipinski definition) is 3. The first-order valence-corrected chi connectivity index (χ1v) is 8.19. The molecular weight excluding hydrogens is 298 g/mol. The Labute approximate surface area is 123 Å². The van der Waals surface area contributed by atoms with E-state index in [1.807, 2.05) is 13.8 Å². The topological polar surface area (TPSA) is 74.8 Å². The van der Waals surface area contributed by atoms with Crippen LogP contribution in [0.25, 0.3) is 0 Å². The Balaban J connectivity index is 2.20. The lowest BCUT2D eigenvalue weighted by Gasteiger charge is -2.10. The lowest BCUT2D eigenvalue weighted by Crippen LogP contribution is -2.16. The fraction of sp³-hybridized carbons (Fsp3) is 0.308. The third-order valence-corrected chi connectivity index (χ3v) is 4.41. The number of rotatable bonds is 5. The lowest BCUT2D eigenvalue weighted by atomic mass is 10.1. The highest BCUT2D eigenvalue weighted by molar-refractivity contribution is 7.91. The highest BCUT2D eigenvalue weighted by Crippen LogP contribution is 2.24. The molecule has 0 unspecified atom stereocenters. The van der Waals surface area contributed by atoms with Gasteiger partial charge >= 0.3 is 0 Å². The number of hydrogen-bond donors (Lipinski definition) is 2. The smallest absolute Gasteiger partial charge is 0.237 e. The van der Waals surface area contributed by atoms with Crippen LogP contribution >= 0.6 is 11.6 Å². The molecule has 0 amide bonds. The van der Waals surface area contributed by atoms with E-state index in [9.17, 15) is 8.42 Å². The van der Waals surface area contributed by atoms with Gasteiger partial charge in [0.2, 0.25) is 10.0 Å². The highest BCUT2D eigenvalue weighted by atomic mass is 35.5. The van der Waals surface area contributed by atoms with Crippen molar-refractivity contribution in [2.75, 3.05) is 4.72 Å². The Morgan fingerprint density at radius 3 is 2.70 bits per heavy atom. The Hall–Kier alpha value is -1.53. The quantitative estimate of drug-likeness (QED) is 0.890. The monoisotopic (exact) mass is 313 g/mol. The third-order valence-electron chi connectivity index (χ3n) is 2.81. The average Bonchev–Trinajstić information content (AvgIpc) is 2.79. The summed E-state index contributed by atoms with van der Waals surface area (Å²) >= 11 is 5.98. The molecule has 1 aromatic heterocycles. The van der Waals surface area contributed by atoms with Crippen LogP contribution in [0, 0.1) is 0 Å². The molecule has 0 saturated carbocycles. The normalized spacial score (nSPS) is 11.8. The minimum atomic E-state index is -3.53. The van der Waals surface area contributed by atoms with Crippen LogP contribution in [0.4, 0.5) is 5.69 Å². The molecule has 2 rings (SSSR count). The van der Waals surface area contributed by atoms with Gasteiger partial charge in [0.25, 0.3) is 0 Å². The first-order valence-electron chi connectivity index (χ1n) is 6.16. The molecule has 0 radical (unpaired) electrons. The van der Waals surface area contributed by atoms with E-state index >= 15 is 0 Å². The number of H-pyrrole nitrogens is 1. The Kier molecular flexibility index (Phi) is 4.35. The van der Waals surface area contributed by atoms with Crippen molar-refractivity contribution >= 4 is 27.3 Å². The van der Waals surface area contributed by atoms with Crippen LogP contribution in [-0.4, -0.2) is 18.6 Å². The van der Waals surface area contributed by atoms with Gasteiger partial charge < -0.3 is 0 Å². The molecule has 2 N–H and O–H groups in total. The molecule has 0 spiro atoms. The average molecular weight is 314 g/mol. The van der Waals surface area contributed by atoms with Crippen molar-refractivity contribution in [3.63, 3.8) is 0 Å². The van der Waals surface area contributed by atoms with E-state index < -0.39 is 10.0 Å². The van der Waals surface area contributed by atoms with Crippen LogP contribution in [0.3, 0.4) is 0 Å². The van der Waals surface area contributed by atoms with Crippen LogP contribution in [-0.2, 0) is 15.8 Å². The predicted molar refractivity (Wildman–Crippen MR) is 80.4 cm³/mol. The van der Waals surface area contributed by atoms with Crippen LogP contribution in [0.15, 0.2) is 30.5 Å². The fourth-order valence-corrected chi connectivity index (χ4v) is 3.35. The molecule has 108 valence electrons. The van der Waals surface area contributed by atoms with Crippen molar-refractivity contribution in [1.82, 2.24) is 10.2 Å². The summed E-state index contributed by atoms with van der Waals surface area (Å²) in [6, 6.07) is 6.89. The van der Waals surface area contributed by atoms with Gasteiger partial charge in [0, 0.05) is 5.02 Å². The van der Waals surface area contributed by atoms with E-state index in [1.165, 1.54) is 6.20 Å². The maximum Gasteiger partial charge on any atom is 0.237 e. The molecule has 0 fully saturated rings. The maximum atomic E-state index is 12.2. The van der Waals surface area contributed by atoms with E-state index in [4.69, 9.17) is 11.6 Å². The zero-order valence-electron chi connectivity index (χ0n) is 11.2. The lowest BCUT2D eigenvalue weighted by molar-refractivity contribution is 0.600. The van der Waals surface area contributed by atoms with Crippen LogP contribution in [0.5, 0.6) is 0 Å². The van der Waals surface area contributed by atoms with E-state index in [1.54, 1.807) is 24.3 Å². The van der Waals surface area contributed by atoms with Crippen LogP contribution in [0.2, 0.25) is 5.02 Å². The molecule has 0 atom stereocenters. The second kappa shape index (κ2) is 5.85. The molecule has 1 aromatic carbocycles. The second-order valence-corrected chi connectivity index (χ2v) is 6.93. The minimum absolute atomic E-state index is 0.149. The Morgan fingerprint density at radius 1 is 1.35 bits per heavy atom. The molecule has 0 bridgehead atoms. The third kappa shape index (κ3) is 3.52. The Morgan fingerprint density at radius 2 is 2.05 bits per heavy atom. The molecule has 0 aliphatic rings. The van der Waals surface area contributed by atoms with Crippen LogP contribution in [0.1, 0.15) is 31.0 Å². The van der Waals surface area contributed by atoms with Crippen molar-refractivity contribution in [3.8, 4) is 0 Å². The molecule has 20 heavy (non-hydrogen) atoms. The van der Waals surface area contributed by atoms with Gasteiger partial charge in [0.1, 0.15) is 0 Å². The van der Waals surface area contributed by atoms with Crippen molar-refractivity contribution in [3.05, 3.63) is 46.7 Å². The number of aromatic nitrogens is 2. The van der Waals surface area contributed by atoms with Gasteiger partial charge in [0.15, 0.2) is 0 Å². The predicted octanol–water partition coefficient (Wildman–Crippen LogP) is 3.13. The largest absolute Gasteiger partial charge is 0.280 e. The molecule has 0 saturated heterocycles. The molecule has 0 aliphatic heterocycles. The van der Waals surface area contributed by atoms with E-state index in [2.05, 4.69) is 14.9 Å². The van der Waals surface area contributed by atoms with Gasteiger partial charge in [0.05, 0.1) is 23.3 Å². The first-order chi connectivity index (χ1) is 9.39. The summed E-state index contributed by atoms with van der Waals surface area (Å²) in [4.78, 5) is 0. The van der Waals surface area contributed by atoms with E-state index in [0.717, 1.165) is 5.69 Å². The second-order valence-electron chi connectivity index (χ2n) is 4.80. The van der Waals surface area contributed by atoms with Crippen molar-refractivity contribution < 1.29 is 8.42 Å². The SMILES string of the molecule is CC(C)c1[nH]ncc1NS(=O)(=O)Cc1ccccc1Cl. The number of aromatic amines is 1. The summed E-state index contributed by atoms with van der Waals surface area (Å²) in [5.41, 5.74) is 1.80. The number of anilines is 1. The zero-order valence-corrected chi connectivity index (χ0v) is 12.8. The van der Waals surface area contributed by atoms with Crippen molar-refractivity contribution in [1.29, 1.82) is 0 Å². The number of nitrogens with zero attached hydrogens (tertiary/aromatic N) is 1. The van der Waals surface area contributed by atoms with Gasteiger partial charge in [-0.3, -0.25) is 9.82 Å².